The van der Waals surface area contributed by atoms with Crippen LogP contribution in [0, 0.1) is 11.3 Å². The molecule has 0 atom stereocenters. The number of aromatic nitrogens is 1. The van der Waals surface area contributed by atoms with Crippen LogP contribution in [-0.4, -0.2) is 10.1 Å². The number of phenolic OH excluding ortho intramolecular Hbond substituents is 1. The molecule has 1 N–H and O–H groups in total. The second kappa shape index (κ2) is 4.21. The zero-order chi connectivity index (χ0) is 11.5. The number of halogens is 1. The van der Waals surface area contributed by atoms with Gasteiger partial charge in [0.25, 0.3) is 0 Å². The second-order valence-electron chi connectivity index (χ2n) is 3.24. The van der Waals surface area contributed by atoms with Gasteiger partial charge in [-0.3, -0.25) is 4.98 Å². The number of nitriles is 1. The van der Waals surface area contributed by atoms with Gasteiger partial charge < -0.3 is 5.11 Å². The minimum atomic E-state index is 0.0369. The number of hydrogen-bond donors (Lipinski definition) is 1. The molecule has 0 radical (unpaired) electrons. The number of hydrogen-bond acceptors (Lipinski definition) is 3. The van der Waals surface area contributed by atoms with Crippen molar-refractivity contribution in [3.8, 4) is 22.9 Å². The highest BCUT2D eigenvalue weighted by molar-refractivity contribution is 6.32. The number of rotatable bonds is 1. The molecular weight excluding hydrogens is 224 g/mol. The van der Waals surface area contributed by atoms with Gasteiger partial charge in [0.05, 0.1) is 10.6 Å². The third kappa shape index (κ3) is 1.97. The summed E-state index contributed by atoms with van der Waals surface area (Å²) < 4.78 is 0. The molecule has 0 spiro atoms. The lowest BCUT2D eigenvalue weighted by molar-refractivity contribution is 0.475. The van der Waals surface area contributed by atoms with E-state index in [2.05, 4.69) is 4.98 Å². The molecule has 0 saturated heterocycles. The van der Waals surface area contributed by atoms with Gasteiger partial charge in [0.15, 0.2) is 0 Å². The van der Waals surface area contributed by atoms with Crippen LogP contribution in [0.5, 0.6) is 5.75 Å². The van der Waals surface area contributed by atoms with Crippen LogP contribution in [-0.2, 0) is 0 Å². The molecule has 78 valence electrons. The summed E-state index contributed by atoms with van der Waals surface area (Å²) in [6.45, 7) is 0. The summed E-state index contributed by atoms with van der Waals surface area (Å²) in [6, 6.07) is 8.60. The maximum Gasteiger partial charge on any atom is 0.134 e. The Balaban J connectivity index is 2.51. The summed E-state index contributed by atoms with van der Waals surface area (Å²) in [4.78, 5) is 3.96. The summed E-state index contributed by atoms with van der Waals surface area (Å²) >= 11 is 5.80. The summed E-state index contributed by atoms with van der Waals surface area (Å²) in [6.07, 6.45) is 3.13. The van der Waals surface area contributed by atoms with E-state index in [0.717, 1.165) is 11.1 Å². The van der Waals surface area contributed by atoms with Crippen molar-refractivity contribution in [3.05, 3.63) is 47.2 Å². The highest BCUT2D eigenvalue weighted by Crippen LogP contribution is 2.29. The lowest BCUT2D eigenvalue weighted by Gasteiger charge is -2.03. The minimum Gasteiger partial charge on any atom is -0.506 e. The van der Waals surface area contributed by atoms with Crippen LogP contribution < -0.4 is 0 Å². The van der Waals surface area contributed by atoms with E-state index in [0.29, 0.717) is 5.56 Å². The Hall–Kier alpha value is -2.05. The lowest BCUT2D eigenvalue weighted by Crippen LogP contribution is -1.83. The number of nitrogens with zero attached hydrogens (tertiary/aromatic N) is 2. The van der Waals surface area contributed by atoms with Crippen molar-refractivity contribution in [1.29, 1.82) is 5.26 Å². The van der Waals surface area contributed by atoms with Gasteiger partial charge in [0.1, 0.15) is 11.8 Å². The van der Waals surface area contributed by atoms with Crippen LogP contribution in [0.2, 0.25) is 5.02 Å². The Morgan fingerprint density at radius 2 is 2.00 bits per heavy atom. The summed E-state index contributed by atoms with van der Waals surface area (Å²) in [7, 11) is 0. The topological polar surface area (TPSA) is 56.9 Å². The fraction of sp³-hybridized carbons (Fsp3) is 0. The average Bonchev–Trinajstić information content (AvgIpc) is 2.33. The molecular formula is C12H7ClN2O. The smallest absolute Gasteiger partial charge is 0.134 e. The van der Waals surface area contributed by atoms with E-state index in [1.165, 1.54) is 12.3 Å². The Bertz CT molecular complexity index is 575. The van der Waals surface area contributed by atoms with Gasteiger partial charge in [-0.25, -0.2) is 0 Å². The van der Waals surface area contributed by atoms with Crippen LogP contribution in [0.4, 0.5) is 0 Å². The SMILES string of the molecule is N#Cc1cncc(-c2ccc(O)c(Cl)c2)c1. The highest BCUT2D eigenvalue weighted by atomic mass is 35.5. The van der Waals surface area contributed by atoms with Gasteiger partial charge in [-0.2, -0.15) is 5.26 Å². The van der Waals surface area contributed by atoms with Gasteiger partial charge >= 0.3 is 0 Å². The van der Waals surface area contributed by atoms with E-state index in [4.69, 9.17) is 16.9 Å². The molecule has 0 aliphatic rings. The molecule has 0 amide bonds. The van der Waals surface area contributed by atoms with Gasteiger partial charge in [-0.05, 0) is 23.8 Å². The first-order valence-corrected chi connectivity index (χ1v) is 4.92. The zero-order valence-corrected chi connectivity index (χ0v) is 8.94. The Kier molecular flexibility index (Phi) is 2.76. The molecule has 1 aromatic carbocycles. The highest BCUT2D eigenvalue weighted by Gasteiger charge is 2.03. The average molecular weight is 231 g/mol. The molecule has 0 bridgehead atoms. The first kappa shape index (κ1) is 10.5. The quantitative estimate of drug-likeness (QED) is 0.819. The molecule has 2 rings (SSSR count). The molecule has 4 heteroatoms. The van der Waals surface area contributed by atoms with E-state index in [1.807, 2.05) is 6.07 Å². The molecule has 16 heavy (non-hydrogen) atoms. The zero-order valence-electron chi connectivity index (χ0n) is 8.18. The van der Waals surface area contributed by atoms with Crippen molar-refractivity contribution in [1.82, 2.24) is 4.98 Å². The maximum atomic E-state index is 9.29. The first-order valence-electron chi connectivity index (χ1n) is 4.55. The van der Waals surface area contributed by atoms with E-state index in [9.17, 15) is 5.11 Å². The van der Waals surface area contributed by atoms with Crippen LogP contribution in [0.1, 0.15) is 5.56 Å². The molecule has 0 fully saturated rings. The van der Waals surface area contributed by atoms with Crippen molar-refractivity contribution in [2.75, 3.05) is 0 Å². The van der Waals surface area contributed by atoms with Crippen LogP contribution in [0.15, 0.2) is 36.7 Å². The minimum absolute atomic E-state index is 0.0369. The lowest BCUT2D eigenvalue weighted by atomic mass is 10.1. The monoisotopic (exact) mass is 230 g/mol. The molecule has 2 aromatic rings. The van der Waals surface area contributed by atoms with Crippen LogP contribution in [0.3, 0.4) is 0 Å². The molecule has 0 aliphatic heterocycles. The number of pyridine rings is 1. The first-order chi connectivity index (χ1) is 7.70. The Morgan fingerprint density at radius 3 is 2.69 bits per heavy atom. The molecule has 3 nitrogen and oxygen atoms in total. The van der Waals surface area contributed by atoms with E-state index < -0.39 is 0 Å². The van der Waals surface area contributed by atoms with Gasteiger partial charge in [-0.15, -0.1) is 0 Å². The van der Waals surface area contributed by atoms with Crippen molar-refractivity contribution >= 4 is 11.6 Å². The van der Waals surface area contributed by atoms with Gasteiger partial charge in [0.2, 0.25) is 0 Å². The predicted octanol–water partition coefficient (Wildman–Crippen LogP) is 2.98. The van der Waals surface area contributed by atoms with Crippen LogP contribution in [0.25, 0.3) is 11.1 Å². The maximum absolute atomic E-state index is 9.29. The largest absolute Gasteiger partial charge is 0.506 e. The third-order valence-corrected chi connectivity index (χ3v) is 2.45. The molecule has 0 saturated carbocycles. The number of aromatic hydroxyl groups is 1. The fourth-order valence-electron chi connectivity index (χ4n) is 1.35. The fourth-order valence-corrected chi connectivity index (χ4v) is 1.53. The van der Waals surface area contributed by atoms with E-state index in [1.54, 1.807) is 24.4 Å². The van der Waals surface area contributed by atoms with Gasteiger partial charge in [-0.1, -0.05) is 17.7 Å². The number of benzene rings is 1. The van der Waals surface area contributed by atoms with Crippen LogP contribution >= 0.6 is 11.6 Å². The van der Waals surface area contributed by atoms with Crippen molar-refractivity contribution in [2.24, 2.45) is 0 Å². The van der Waals surface area contributed by atoms with E-state index in [-0.39, 0.29) is 10.8 Å². The normalized spacial score (nSPS) is 9.75. The van der Waals surface area contributed by atoms with Gasteiger partial charge in [0, 0.05) is 18.0 Å². The Labute approximate surface area is 97.6 Å². The summed E-state index contributed by atoms with van der Waals surface area (Å²) in [5.74, 6) is 0.0369. The molecule has 0 unspecified atom stereocenters. The predicted molar refractivity (Wildman–Crippen MR) is 61.1 cm³/mol. The van der Waals surface area contributed by atoms with E-state index >= 15 is 0 Å². The third-order valence-electron chi connectivity index (χ3n) is 2.15. The second-order valence-corrected chi connectivity index (χ2v) is 3.65. The molecule has 0 aliphatic carbocycles. The number of phenols is 1. The standard InChI is InChI=1S/C12H7ClN2O/c13-11-4-9(1-2-12(11)16)10-3-8(5-14)6-15-7-10/h1-4,6-7,16H. The molecule has 1 heterocycles. The Morgan fingerprint density at radius 1 is 1.19 bits per heavy atom. The summed E-state index contributed by atoms with van der Waals surface area (Å²) in [5, 5.41) is 18.3. The van der Waals surface area contributed by atoms with Crippen molar-refractivity contribution < 1.29 is 5.11 Å². The molecule has 1 aromatic heterocycles. The van der Waals surface area contributed by atoms with Crippen molar-refractivity contribution in [3.63, 3.8) is 0 Å². The summed E-state index contributed by atoms with van der Waals surface area (Å²) in [5.41, 5.74) is 2.09. The van der Waals surface area contributed by atoms with Crippen molar-refractivity contribution in [2.45, 2.75) is 0 Å².